The predicted octanol–water partition coefficient (Wildman–Crippen LogP) is 4.96. The minimum atomic E-state index is -0.466. The second-order valence-corrected chi connectivity index (χ2v) is 5.92. The average Bonchev–Trinajstić information content (AvgIpc) is 2.74. The van der Waals surface area contributed by atoms with Gasteiger partial charge in [-0.25, -0.2) is 4.79 Å². The second kappa shape index (κ2) is 9.69. The van der Waals surface area contributed by atoms with Crippen LogP contribution in [0.15, 0.2) is 97.1 Å². The first kappa shape index (κ1) is 18.9. The number of ether oxygens (including phenoxy) is 1. The Morgan fingerprint density at radius 3 is 1.79 bits per heavy atom. The Hall–Kier alpha value is -3.92. The number of hydrogen-bond donors (Lipinski definition) is 1. The first-order valence-electron chi connectivity index (χ1n) is 8.78. The summed E-state index contributed by atoms with van der Waals surface area (Å²) in [6.45, 7) is 0. The molecule has 0 fully saturated rings. The fraction of sp³-hybridized carbons (Fsp3) is 0. The number of carbonyl (C=O) groups is 2. The number of benzene rings is 3. The van der Waals surface area contributed by atoms with Crippen molar-refractivity contribution in [2.45, 2.75) is 0 Å². The van der Waals surface area contributed by atoms with Crippen molar-refractivity contribution in [2.75, 3.05) is 5.32 Å². The molecule has 138 valence electrons. The van der Waals surface area contributed by atoms with E-state index in [4.69, 9.17) is 4.74 Å². The van der Waals surface area contributed by atoms with Crippen molar-refractivity contribution in [1.82, 2.24) is 0 Å². The van der Waals surface area contributed by atoms with Crippen LogP contribution in [-0.4, -0.2) is 11.9 Å². The van der Waals surface area contributed by atoms with Crippen LogP contribution in [-0.2, 0) is 9.59 Å². The lowest BCUT2D eigenvalue weighted by molar-refractivity contribution is -0.128. The van der Waals surface area contributed by atoms with E-state index in [0.29, 0.717) is 11.4 Å². The van der Waals surface area contributed by atoms with Crippen LogP contribution < -0.4 is 10.1 Å². The lowest BCUT2D eigenvalue weighted by Gasteiger charge is -2.05. The molecule has 1 amide bonds. The van der Waals surface area contributed by atoms with E-state index in [9.17, 15) is 9.59 Å². The molecule has 0 atom stereocenters. The van der Waals surface area contributed by atoms with Gasteiger partial charge in [0, 0.05) is 17.8 Å². The first-order chi connectivity index (χ1) is 13.7. The highest BCUT2D eigenvalue weighted by Gasteiger charge is 2.02. The van der Waals surface area contributed by atoms with Gasteiger partial charge in [-0.1, -0.05) is 60.7 Å². The molecule has 0 unspecified atom stereocenters. The van der Waals surface area contributed by atoms with Gasteiger partial charge in [0.05, 0.1) is 0 Å². The molecule has 0 bridgehead atoms. The summed E-state index contributed by atoms with van der Waals surface area (Å²) in [4.78, 5) is 23.9. The van der Waals surface area contributed by atoms with Crippen LogP contribution in [0, 0.1) is 0 Å². The van der Waals surface area contributed by atoms with E-state index in [-0.39, 0.29) is 5.91 Å². The summed E-state index contributed by atoms with van der Waals surface area (Å²) >= 11 is 0. The third-order valence-corrected chi connectivity index (χ3v) is 3.78. The van der Waals surface area contributed by atoms with Crippen LogP contribution in [0.5, 0.6) is 5.75 Å². The quantitative estimate of drug-likeness (QED) is 0.380. The van der Waals surface area contributed by atoms with E-state index < -0.39 is 5.97 Å². The Morgan fingerprint density at radius 2 is 1.21 bits per heavy atom. The average molecular weight is 369 g/mol. The SMILES string of the molecule is O=C(C=Cc1ccccc1)Nc1ccc(OC(=O)C=Cc2ccccc2)cc1. The van der Waals surface area contributed by atoms with E-state index in [0.717, 1.165) is 11.1 Å². The minimum Gasteiger partial charge on any atom is -0.423 e. The standard InChI is InChI=1S/C24H19NO3/c26-23(17-11-19-7-3-1-4-8-19)25-21-13-15-22(16-14-21)28-24(27)18-12-20-9-5-2-6-10-20/h1-18H,(H,25,26). The lowest BCUT2D eigenvalue weighted by atomic mass is 10.2. The maximum atomic E-state index is 12.0. The van der Waals surface area contributed by atoms with Gasteiger partial charge in [0.25, 0.3) is 0 Å². The number of nitrogens with one attached hydrogen (secondary N) is 1. The van der Waals surface area contributed by atoms with E-state index >= 15 is 0 Å². The van der Waals surface area contributed by atoms with Crippen molar-refractivity contribution in [3.8, 4) is 5.75 Å². The molecule has 0 aliphatic carbocycles. The zero-order chi connectivity index (χ0) is 19.6. The molecule has 4 heteroatoms. The first-order valence-corrected chi connectivity index (χ1v) is 8.78. The highest BCUT2D eigenvalue weighted by atomic mass is 16.5. The molecule has 28 heavy (non-hydrogen) atoms. The molecule has 4 nitrogen and oxygen atoms in total. The molecule has 3 rings (SSSR count). The molecular formula is C24H19NO3. The van der Waals surface area contributed by atoms with Gasteiger partial charge in [-0.15, -0.1) is 0 Å². The van der Waals surface area contributed by atoms with Crippen LogP contribution >= 0.6 is 0 Å². The number of esters is 1. The predicted molar refractivity (Wildman–Crippen MR) is 112 cm³/mol. The highest BCUT2D eigenvalue weighted by molar-refractivity contribution is 6.02. The molecular weight excluding hydrogens is 350 g/mol. The van der Waals surface area contributed by atoms with Crippen molar-refractivity contribution in [1.29, 1.82) is 0 Å². The van der Waals surface area contributed by atoms with Gasteiger partial charge in [0.15, 0.2) is 0 Å². The van der Waals surface area contributed by atoms with Crippen molar-refractivity contribution in [3.05, 3.63) is 108 Å². The summed E-state index contributed by atoms with van der Waals surface area (Å²) < 4.78 is 5.25. The third-order valence-electron chi connectivity index (χ3n) is 3.78. The molecule has 0 aliphatic rings. The highest BCUT2D eigenvalue weighted by Crippen LogP contribution is 2.16. The summed E-state index contributed by atoms with van der Waals surface area (Å²) in [5, 5.41) is 2.76. The van der Waals surface area contributed by atoms with Gasteiger partial charge in [-0.2, -0.15) is 0 Å². The van der Waals surface area contributed by atoms with Crippen LogP contribution in [0.3, 0.4) is 0 Å². The van der Waals surface area contributed by atoms with E-state index in [1.807, 2.05) is 60.7 Å². The maximum Gasteiger partial charge on any atom is 0.336 e. The third kappa shape index (κ3) is 6.11. The Kier molecular flexibility index (Phi) is 6.53. The van der Waals surface area contributed by atoms with E-state index in [2.05, 4.69) is 5.32 Å². The summed E-state index contributed by atoms with van der Waals surface area (Å²) in [7, 11) is 0. The fourth-order valence-electron chi connectivity index (χ4n) is 2.40. The summed E-state index contributed by atoms with van der Waals surface area (Å²) in [5.41, 5.74) is 2.48. The Balaban J connectivity index is 1.51. The molecule has 0 saturated heterocycles. The molecule has 0 spiro atoms. The van der Waals surface area contributed by atoms with Gasteiger partial charge in [0.2, 0.25) is 5.91 Å². The van der Waals surface area contributed by atoms with Crippen LogP contribution in [0.25, 0.3) is 12.2 Å². The van der Waals surface area contributed by atoms with E-state index in [1.54, 1.807) is 36.4 Å². The zero-order valence-corrected chi connectivity index (χ0v) is 15.1. The van der Waals surface area contributed by atoms with Gasteiger partial charge in [0.1, 0.15) is 5.75 Å². The zero-order valence-electron chi connectivity index (χ0n) is 15.1. The van der Waals surface area contributed by atoms with Gasteiger partial charge < -0.3 is 10.1 Å². The van der Waals surface area contributed by atoms with Gasteiger partial charge >= 0.3 is 5.97 Å². The largest absolute Gasteiger partial charge is 0.423 e. The van der Waals surface area contributed by atoms with E-state index in [1.165, 1.54) is 12.2 Å². The Morgan fingerprint density at radius 1 is 0.679 bits per heavy atom. The molecule has 0 aliphatic heterocycles. The molecule has 0 heterocycles. The number of anilines is 1. The monoisotopic (exact) mass is 369 g/mol. The second-order valence-electron chi connectivity index (χ2n) is 5.92. The molecule has 1 N–H and O–H groups in total. The molecule has 3 aromatic rings. The van der Waals surface area contributed by atoms with Gasteiger partial charge in [-0.3, -0.25) is 4.79 Å². The number of carbonyl (C=O) groups excluding carboxylic acids is 2. The van der Waals surface area contributed by atoms with Crippen LogP contribution in [0.1, 0.15) is 11.1 Å². The number of hydrogen-bond acceptors (Lipinski definition) is 3. The van der Waals surface area contributed by atoms with Crippen molar-refractivity contribution < 1.29 is 14.3 Å². The smallest absolute Gasteiger partial charge is 0.336 e. The fourth-order valence-corrected chi connectivity index (χ4v) is 2.40. The Bertz CT molecular complexity index is 893. The molecule has 3 aromatic carbocycles. The van der Waals surface area contributed by atoms with Crippen molar-refractivity contribution >= 4 is 29.7 Å². The molecule has 0 aromatic heterocycles. The van der Waals surface area contributed by atoms with Crippen molar-refractivity contribution in [2.24, 2.45) is 0 Å². The Labute approximate surface area is 163 Å². The summed E-state index contributed by atoms with van der Waals surface area (Å²) in [6, 6.07) is 25.7. The maximum absolute atomic E-state index is 12.0. The summed E-state index contributed by atoms with van der Waals surface area (Å²) in [6.07, 6.45) is 6.28. The van der Waals surface area contributed by atoms with Crippen LogP contribution in [0.4, 0.5) is 5.69 Å². The normalized spacial score (nSPS) is 10.9. The van der Waals surface area contributed by atoms with Gasteiger partial charge in [-0.05, 0) is 47.5 Å². The number of amides is 1. The topological polar surface area (TPSA) is 55.4 Å². The molecule has 0 saturated carbocycles. The van der Waals surface area contributed by atoms with Crippen LogP contribution in [0.2, 0.25) is 0 Å². The molecule has 0 radical (unpaired) electrons. The number of rotatable bonds is 6. The minimum absolute atomic E-state index is 0.237. The lowest BCUT2D eigenvalue weighted by Crippen LogP contribution is -2.08. The van der Waals surface area contributed by atoms with Crippen molar-refractivity contribution in [3.63, 3.8) is 0 Å². The summed E-state index contributed by atoms with van der Waals surface area (Å²) in [5.74, 6) is -0.300.